The summed E-state index contributed by atoms with van der Waals surface area (Å²) in [6.07, 6.45) is 6.95. The summed E-state index contributed by atoms with van der Waals surface area (Å²) >= 11 is 0. The Morgan fingerprint density at radius 2 is 1.92 bits per heavy atom. The van der Waals surface area contributed by atoms with Crippen molar-refractivity contribution in [1.29, 1.82) is 0 Å². The number of hydrogen-bond acceptors (Lipinski definition) is 7. The Kier molecular flexibility index (Phi) is 9.17. The molecular formula is C29H39N5O3. The maximum Gasteiger partial charge on any atom is 0.306 e. The molecule has 1 aromatic heterocycles. The lowest BCUT2D eigenvalue weighted by Gasteiger charge is -2.35. The fraction of sp³-hybridized carbons (Fsp3) is 0.483. The number of aromatic nitrogens is 2. The Labute approximate surface area is 220 Å². The van der Waals surface area contributed by atoms with Crippen molar-refractivity contribution in [3.05, 3.63) is 65.4 Å². The van der Waals surface area contributed by atoms with Crippen LogP contribution in [0.3, 0.4) is 0 Å². The van der Waals surface area contributed by atoms with Crippen LogP contribution in [0.2, 0.25) is 0 Å². The van der Waals surface area contributed by atoms with Gasteiger partial charge >= 0.3 is 5.97 Å². The monoisotopic (exact) mass is 505 g/mol. The van der Waals surface area contributed by atoms with Gasteiger partial charge in [0.1, 0.15) is 11.6 Å². The lowest BCUT2D eigenvalue weighted by molar-refractivity contribution is -0.141. The molecule has 1 saturated heterocycles. The molecule has 1 aromatic carbocycles. The highest BCUT2D eigenvalue weighted by Crippen LogP contribution is 2.32. The molecule has 2 aliphatic rings. The summed E-state index contributed by atoms with van der Waals surface area (Å²) in [5, 5.41) is 12.6. The topological polar surface area (TPSA) is 90.8 Å². The summed E-state index contributed by atoms with van der Waals surface area (Å²) in [6.45, 7) is 8.81. The number of allylic oxidation sites excluding steroid dienone is 4. The Morgan fingerprint density at radius 1 is 1.16 bits per heavy atom. The molecule has 2 atom stereocenters. The van der Waals surface area contributed by atoms with E-state index in [1.807, 2.05) is 32.2 Å². The lowest BCUT2D eigenvalue weighted by atomic mass is 9.86. The van der Waals surface area contributed by atoms with Crippen LogP contribution in [0.4, 0.5) is 11.8 Å². The van der Waals surface area contributed by atoms with Gasteiger partial charge in [-0.1, -0.05) is 62.2 Å². The van der Waals surface area contributed by atoms with Gasteiger partial charge in [-0.15, -0.1) is 0 Å². The highest BCUT2D eigenvalue weighted by atomic mass is 16.5. The Bertz CT molecular complexity index is 1110. The number of anilines is 2. The molecule has 8 nitrogen and oxygen atoms in total. The zero-order chi connectivity index (χ0) is 26.2. The van der Waals surface area contributed by atoms with Crippen LogP contribution in [-0.4, -0.2) is 59.2 Å². The fourth-order valence-electron chi connectivity index (χ4n) is 5.03. The summed E-state index contributed by atoms with van der Waals surface area (Å²) in [5.41, 5.74) is 2.50. The number of carbonyl (C=O) groups is 1. The Hall–Kier alpha value is -3.39. The number of aliphatic carboxylic acids is 1. The molecule has 1 aliphatic carbocycles. The van der Waals surface area contributed by atoms with Crippen molar-refractivity contribution < 1.29 is 14.6 Å². The molecular weight excluding hydrogens is 466 g/mol. The minimum Gasteiger partial charge on any atom is -0.481 e. The first-order chi connectivity index (χ1) is 17.9. The first-order valence-corrected chi connectivity index (χ1v) is 13.3. The van der Waals surface area contributed by atoms with Gasteiger partial charge in [0, 0.05) is 51.8 Å². The largest absolute Gasteiger partial charge is 0.481 e. The molecule has 37 heavy (non-hydrogen) atoms. The number of nitrogens with one attached hydrogen (secondary N) is 1. The molecule has 198 valence electrons. The van der Waals surface area contributed by atoms with Gasteiger partial charge in [0.25, 0.3) is 0 Å². The molecule has 1 aliphatic heterocycles. The molecule has 0 spiro atoms. The second-order valence-corrected chi connectivity index (χ2v) is 10.0. The van der Waals surface area contributed by atoms with E-state index in [0.29, 0.717) is 24.7 Å². The van der Waals surface area contributed by atoms with Crippen molar-refractivity contribution in [2.75, 3.05) is 43.4 Å². The SMILES string of the molecule is CCCC(CC1=CC=C(Oc2cc(N3CCN(Cc4ccccc4)CC3)nc(NC)n2)C(C)C1)C(=O)O. The van der Waals surface area contributed by atoms with Gasteiger partial charge < -0.3 is 20.1 Å². The smallest absolute Gasteiger partial charge is 0.306 e. The Balaban J connectivity index is 1.41. The van der Waals surface area contributed by atoms with Crippen molar-refractivity contribution in [3.63, 3.8) is 0 Å². The minimum absolute atomic E-state index is 0.147. The van der Waals surface area contributed by atoms with Gasteiger partial charge in [0.2, 0.25) is 11.8 Å². The van der Waals surface area contributed by atoms with E-state index >= 15 is 0 Å². The first kappa shape index (κ1) is 26.7. The third kappa shape index (κ3) is 7.32. The molecule has 8 heteroatoms. The summed E-state index contributed by atoms with van der Waals surface area (Å²) < 4.78 is 6.26. The standard InChI is InChI=1S/C29H39N5O3/c1-4-8-24(28(35)36)18-23-11-12-25(21(2)17-23)37-27-19-26(31-29(30-3)32-27)34-15-13-33(14-16-34)20-22-9-6-5-7-10-22/h5-7,9-12,19,21,24H,4,8,13-18,20H2,1-3H3,(H,35,36)(H,30,31,32). The zero-order valence-electron chi connectivity index (χ0n) is 22.2. The third-order valence-corrected chi connectivity index (χ3v) is 7.11. The predicted molar refractivity (Wildman–Crippen MR) is 147 cm³/mol. The van der Waals surface area contributed by atoms with Gasteiger partial charge in [-0.2, -0.15) is 9.97 Å². The fourth-order valence-corrected chi connectivity index (χ4v) is 5.03. The molecule has 4 rings (SSSR count). The van der Waals surface area contributed by atoms with Crippen LogP contribution in [0, 0.1) is 11.8 Å². The van der Waals surface area contributed by atoms with Gasteiger partial charge in [-0.3, -0.25) is 9.69 Å². The van der Waals surface area contributed by atoms with Gasteiger partial charge in [0.05, 0.1) is 5.92 Å². The maximum absolute atomic E-state index is 11.6. The van der Waals surface area contributed by atoms with Gasteiger partial charge in [-0.25, -0.2) is 0 Å². The van der Waals surface area contributed by atoms with E-state index in [1.54, 1.807) is 0 Å². The number of carboxylic acids is 1. The van der Waals surface area contributed by atoms with Crippen LogP contribution in [0.25, 0.3) is 0 Å². The van der Waals surface area contributed by atoms with Crippen LogP contribution in [-0.2, 0) is 11.3 Å². The summed E-state index contributed by atoms with van der Waals surface area (Å²) in [5.74, 6) is 1.86. The van der Waals surface area contributed by atoms with Crippen LogP contribution < -0.4 is 15.0 Å². The highest BCUT2D eigenvalue weighted by Gasteiger charge is 2.24. The van der Waals surface area contributed by atoms with Crippen LogP contribution >= 0.6 is 0 Å². The van der Waals surface area contributed by atoms with E-state index in [1.165, 1.54) is 5.56 Å². The third-order valence-electron chi connectivity index (χ3n) is 7.11. The number of rotatable bonds is 11. The molecule has 2 unspecified atom stereocenters. The summed E-state index contributed by atoms with van der Waals surface area (Å²) in [6, 6.07) is 12.5. The van der Waals surface area contributed by atoms with E-state index in [0.717, 1.165) is 62.7 Å². The van der Waals surface area contributed by atoms with Crippen LogP contribution in [0.5, 0.6) is 5.88 Å². The van der Waals surface area contributed by atoms with Crippen LogP contribution in [0.1, 0.15) is 45.1 Å². The van der Waals surface area contributed by atoms with E-state index in [-0.39, 0.29) is 11.8 Å². The van der Waals surface area contributed by atoms with E-state index in [9.17, 15) is 9.90 Å². The molecule has 2 N–H and O–H groups in total. The average Bonchev–Trinajstić information content (AvgIpc) is 2.90. The van der Waals surface area contributed by atoms with Crippen molar-refractivity contribution in [1.82, 2.24) is 14.9 Å². The molecule has 1 fully saturated rings. The van der Waals surface area contributed by atoms with Crippen molar-refractivity contribution in [2.24, 2.45) is 11.8 Å². The molecule has 0 amide bonds. The molecule has 2 heterocycles. The van der Waals surface area contributed by atoms with Crippen molar-refractivity contribution in [3.8, 4) is 5.88 Å². The quantitative estimate of drug-likeness (QED) is 0.443. The predicted octanol–water partition coefficient (Wildman–Crippen LogP) is 4.96. The normalized spacial score (nSPS) is 19.1. The lowest BCUT2D eigenvalue weighted by Crippen LogP contribution is -2.46. The number of benzene rings is 1. The Morgan fingerprint density at radius 3 is 2.57 bits per heavy atom. The average molecular weight is 506 g/mol. The molecule has 0 bridgehead atoms. The first-order valence-electron chi connectivity index (χ1n) is 13.3. The number of hydrogen-bond donors (Lipinski definition) is 2. The second kappa shape index (κ2) is 12.7. The number of nitrogens with zero attached hydrogens (tertiary/aromatic N) is 4. The van der Waals surface area contributed by atoms with E-state index in [2.05, 4.69) is 57.4 Å². The summed E-state index contributed by atoms with van der Waals surface area (Å²) in [4.78, 5) is 25.6. The van der Waals surface area contributed by atoms with E-state index in [4.69, 9.17) is 9.72 Å². The van der Waals surface area contributed by atoms with Crippen molar-refractivity contribution in [2.45, 2.75) is 46.1 Å². The molecule has 0 radical (unpaired) electrons. The number of carboxylic acid groups (broad SMARTS) is 1. The number of ether oxygens (including phenoxy) is 1. The van der Waals surface area contributed by atoms with E-state index < -0.39 is 5.97 Å². The summed E-state index contributed by atoms with van der Waals surface area (Å²) in [7, 11) is 1.81. The zero-order valence-corrected chi connectivity index (χ0v) is 22.2. The molecule has 0 saturated carbocycles. The highest BCUT2D eigenvalue weighted by molar-refractivity contribution is 5.70. The minimum atomic E-state index is -0.713. The maximum atomic E-state index is 11.6. The van der Waals surface area contributed by atoms with Crippen LogP contribution in [0.15, 0.2) is 59.9 Å². The number of piperazine rings is 1. The van der Waals surface area contributed by atoms with Gasteiger partial charge in [0.15, 0.2) is 0 Å². The van der Waals surface area contributed by atoms with Crippen molar-refractivity contribution >= 4 is 17.7 Å². The molecule has 2 aromatic rings. The second-order valence-electron chi connectivity index (χ2n) is 10.0. The van der Waals surface area contributed by atoms with Gasteiger partial charge in [-0.05, 0) is 30.9 Å².